The van der Waals surface area contributed by atoms with Crippen LogP contribution in [-0.4, -0.2) is 21.1 Å². The fourth-order valence-electron chi connectivity index (χ4n) is 2.45. The number of para-hydroxylation sites is 1. The average Bonchev–Trinajstić information content (AvgIpc) is 2.83. The first-order valence-corrected chi connectivity index (χ1v) is 6.65. The molecule has 1 aromatic carbocycles. The number of pyridine rings is 1. The maximum Gasteiger partial charge on any atom is 0.136 e. The molecule has 0 N–H and O–H groups in total. The van der Waals surface area contributed by atoms with E-state index in [2.05, 4.69) is 27.5 Å². The van der Waals surface area contributed by atoms with Gasteiger partial charge in [-0.3, -0.25) is 4.98 Å². The number of ether oxygens (including phenoxy) is 1. The largest absolute Gasteiger partial charge is 0.374 e. The van der Waals surface area contributed by atoms with Crippen LogP contribution in [0.25, 0.3) is 21.9 Å². The smallest absolute Gasteiger partial charge is 0.136 e. The van der Waals surface area contributed by atoms with Gasteiger partial charge in [0.25, 0.3) is 0 Å². The summed E-state index contributed by atoms with van der Waals surface area (Å²) < 4.78 is 7.72. The predicted octanol–water partition coefficient (Wildman–Crippen LogP) is 3.14. The SMILES string of the molecule is CCOCc1nc2cnc3ccccc3c2n1CC. The molecule has 0 saturated carbocycles. The number of fused-ring (bicyclic) bond motifs is 3. The van der Waals surface area contributed by atoms with E-state index in [4.69, 9.17) is 4.74 Å². The van der Waals surface area contributed by atoms with E-state index in [1.165, 1.54) is 0 Å². The van der Waals surface area contributed by atoms with Gasteiger partial charge in [0, 0.05) is 18.5 Å². The van der Waals surface area contributed by atoms with Crippen molar-refractivity contribution in [1.82, 2.24) is 14.5 Å². The minimum atomic E-state index is 0.549. The molecule has 0 bridgehead atoms. The van der Waals surface area contributed by atoms with Crippen molar-refractivity contribution in [2.24, 2.45) is 0 Å². The summed E-state index contributed by atoms with van der Waals surface area (Å²) in [7, 11) is 0. The number of nitrogens with zero attached hydrogens (tertiary/aromatic N) is 3. The molecule has 0 aliphatic rings. The van der Waals surface area contributed by atoms with E-state index in [1.54, 1.807) is 0 Å². The highest BCUT2D eigenvalue weighted by Crippen LogP contribution is 2.24. The van der Waals surface area contributed by atoms with Crippen molar-refractivity contribution in [3.8, 4) is 0 Å². The quantitative estimate of drug-likeness (QED) is 0.719. The zero-order valence-electron chi connectivity index (χ0n) is 11.3. The van der Waals surface area contributed by atoms with Gasteiger partial charge in [0.05, 0.1) is 17.2 Å². The molecule has 0 aliphatic heterocycles. The normalized spacial score (nSPS) is 11.5. The molecule has 0 aliphatic carbocycles. The number of hydrogen-bond donors (Lipinski definition) is 0. The van der Waals surface area contributed by atoms with Crippen LogP contribution in [0.3, 0.4) is 0 Å². The van der Waals surface area contributed by atoms with E-state index < -0.39 is 0 Å². The molecule has 0 amide bonds. The average molecular weight is 255 g/mol. The minimum Gasteiger partial charge on any atom is -0.374 e. The lowest BCUT2D eigenvalue weighted by molar-refractivity contribution is 0.126. The summed E-state index contributed by atoms with van der Waals surface area (Å²) in [6.07, 6.45) is 1.85. The van der Waals surface area contributed by atoms with Crippen molar-refractivity contribution < 1.29 is 4.74 Å². The molecule has 3 rings (SSSR count). The summed E-state index contributed by atoms with van der Waals surface area (Å²) >= 11 is 0. The van der Waals surface area contributed by atoms with Crippen molar-refractivity contribution in [1.29, 1.82) is 0 Å². The Bertz CT molecular complexity index is 718. The maximum absolute atomic E-state index is 5.50. The monoisotopic (exact) mass is 255 g/mol. The van der Waals surface area contributed by atoms with Gasteiger partial charge in [0.1, 0.15) is 17.9 Å². The van der Waals surface area contributed by atoms with E-state index in [1.807, 2.05) is 31.3 Å². The molecule has 2 heterocycles. The van der Waals surface area contributed by atoms with Gasteiger partial charge in [-0.1, -0.05) is 18.2 Å². The second kappa shape index (κ2) is 4.97. The lowest BCUT2D eigenvalue weighted by Gasteiger charge is -2.07. The Hall–Kier alpha value is -1.94. The number of imidazole rings is 1. The van der Waals surface area contributed by atoms with Gasteiger partial charge in [-0.2, -0.15) is 0 Å². The summed E-state index contributed by atoms with van der Waals surface area (Å²) in [5.74, 6) is 0.970. The Morgan fingerprint density at radius 2 is 2.00 bits per heavy atom. The molecule has 0 fully saturated rings. The maximum atomic E-state index is 5.50. The minimum absolute atomic E-state index is 0.549. The van der Waals surface area contributed by atoms with E-state index in [0.717, 1.165) is 34.3 Å². The van der Waals surface area contributed by atoms with Gasteiger partial charge >= 0.3 is 0 Å². The number of hydrogen-bond acceptors (Lipinski definition) is 3. The molecule has 0 radical (unpaired) electrons. The van der Waals surface area contributed by atoms with Gasteiger partial charge in [-0.25, -0.2) is 4.98 Å². The third-order valence-corrected chi connectivity index (χ3v) is 3.31. The van der Waals surface area contributed by atoms with Crippen LogP contribution in [0.1, 0.15) is 19.7 Å². The summed E-state index contributed by atoms with van der Waals surface area (Å²) in [4.78, 5) is 9.11. The highest BCUT2D eigenvalue weighted by Gasteiger charge is 2.12. The van der Waals surface area contributed by atoms with Gasteiger partial charge in [0.15, 0.2) is 0 Å². The number of aromatic nitrogens is 3. The molecular formula is C15H17N3O. The molecule has 0 atom stereocenters. The summed E-state index contributed by atoms with van der Waals surface area (Å²) in [6.45, 7) is 6.26. The van der Waals surface area contributed by atoms with Crippen molar-refractivity contribution in [2.75, 3.05) is 6.61 Å². The second-order valence-electron chi connectivity index (χ2n) is 4.42. The standard InChI is InChI=1S/C15H17N3O/c1-3-18-14(10-19-4-2)17-13-9-16-12-8-6-5-7-11(12)15(13)18/h5-9H,3-4,10H2,1-2H3. The van der Waals surface area contributed by atoms with Crippen LogP contribution in [0.15, 0.2) is 30.5 Å². The molecule has 19 heavy (non-hydrogen) atoms. The van der Waals surface area contributed by atoms with Crippen LogP contribution in [0.4, 0.5) is 0 Å². The van der Waals surface area contributed by atoms with Gasteiger partial charge < -0.3 is 9.30 Å². The van der Waals surface area contributed by atoms with Crippen LogP contribution in [0, 0.1) is 0 Å². The van der Waals surface area contributed by atoms with E-state index in [9.17, 15) is 0 Å². The molecule has 0 unspecified atom stereocenters. The zero-order valence-corrected chi connectivity index (χ0v) is 11.3. The predicted molar refractivity (Wildman–Crippen MR) is 76.0 cm³/mol. The molecule has 98 valence electrons. The Morgan fingerprint density at radius 1 is 1.16 bits per heavy atom. The highest BCUT2D eigenvalue weighted by molar-refractivity contribution is 6.02. The number of rotatable bonds is 4. The number of aryl methyl sites for hydroxylation is 1. The first-order valence-electron chi connectivity index (χ1n) is 6.65. The molecular weight excluding hydrogens is 238 g/mol. The van der Waals surface area contributed by atoms with E-state index in [-0.39, 0.29) is 0 Å². The molecule has 3 aromatic rings. The molecule has 0 spiro atoms. The van der Waals surface area contributed by atoms with Crippen LogP contribution in [0.5, 0.6) is 0 Å². The van der Waals surface area contributed by atoms with Crippen LogP contribution >= 0.6 is 0 Å². The Labute approximate surface area is 112 Å². The van der Waals surface area contributed by atoms with Crippen molar-refractivity contribution in [2.45, 2.75) is 27.0 Å². The summed E-state index contributed by atoms with van der Waals surface area (Å²) in [5, 5.41) is 1.15. The Morgan fingerprint density at radius 3 is 2.79 bits per heavy atom. The Balaban J connectivity index is 2.28. The zero-order chi connectivity index (χ0) is 13.2. The molecule has 4 heteroatoms. The van der Waals surface area contributed by atoms with Crippen LogP contribution < -0.4 is 0 Å². The topological polar surface area (TPSA) is 39.9 Å². The second-order valence-corrected chi connectivity index (χ2v) is 4.42. The molecule has 4 nitrogen and oxygen atoms in total. The summed E-state index contributed by atoms with van der Waals surface area (Å²) in [5.41, 5.74) is 3.10. The fraction of sp³-hybridized carbons (Fsp3) is 0.333. The number of benzene rings is 1. The lowest BCUT2D eigenvalue weighted by Crippen LogP contribution is -2.04. The van der Waals surface area contributed by atoms with E-state index in [0.29, 0.717) is 13.2 Å². The van der Waals surface area contributed by atoms with Gasteiger partial charge in [-0.05, 0) is 19.9 Å². The van der Waals surface area contributed by atoms with Crippen molar-refractivity contribution in [3.63, 3.8) is 0 Å². The summed E-state index contributed by atoms with van der Waals surface area (Å²) in [6, 6.07) is 8.18. The van der Waals surface area contributed by atoms with Crippen molar-refractivity contribution >= 4 is 21.9 Å². The van der Waals surface area contributed by atoms with Gasteiger partial charge in [-0.15, -0.1) is 0 Å². The first-order chi connectivity index (χ1) is 9.35. The third-order valence-electron chi connectivity index (χ3n) is 3.31. The fourth-order valence-corrected chi connectivity index (χ4v) is 2.45. The molecule has 0 saturated heterocycles. The lowest BCUT2D eigenvalue weighted by atomic mass is 10.2. The first kappa shape index (κ1) is 12.1. The highest BCUT2D eigenvalue weighted by atomic mass is 16.5. The van der Waals surface area contributed by atoms with Crippen LogP contribution in [0.2, 0.25) is 0 Å². The third kappa shape index (κ3) is 1.98. The van der Waals surface area contributed by atoms with Gasteiger partial charge in [0.2, 0.25) is 0 Å². The van der Waals surface area contributed by atoms with Crippen molar-refractivity contribution in [3.05, 3.63) is 36.3 Å². The Kier molecular flexibility index (Phi) is 3.17. The molecule has 2 aromatic heterocycles. The van der Waals surface area contributed by atoms with Crippen LogP contribution in [-0.2, 0) is 17.9 Å². The van der Waals surface area contributed by atoms with E-state index >= 15 is 0 Å².